The molecule has 2 aromatic rings. The summed E-state index contributed by atoms with van der Waals surface area (Å²) < 4.78 is 11.0. The maximum Gasteiger partial charge on any atom is 0.317 e. The highest BCUT2D eigenvalue weighted by Gasteiger charge is 2.28. The third-order valence-electron chi connectivity index (χ3n) is 4.55. The molecule has 1 aromatic heterocycles. The Hall–Kier alpha value is -2.57. The Labute approximate surface area is 160 Å². The van der Waals surface area contributed by atoms with Crippen LogP contribution in [0, 0.1) is 12.8 Å². The molecule has 7 nitrogen and oxygen atoms in total. The predicted molar refractivity (Wildman–Crippen MR) is 102 cm³/mol. The van der Waals surface area contributed by atoms with Crippen molar-refractivity contribution in [2.24, 2.45) is 5.92 Å². The van der Waals surface area contributed by atoms with E-state index < -0.39 is 0 Å². The average Bonchev–Trinajstić information content (AvgIpc) is 3.12. The molecule has 0 radical (unpaired) electrons. The standard InChI is InChI=1S/C20H28N4O3/c1-14(2)13-26-18-8-6-16(7-9-18)11-21-20(25)24-10-4-5-17(12-24)19-22-15(3)23-27-19/h6-9,14,17H,4-5,10-13H2,1-3H3,(H,21,25)/t17-/m1/s1. The summed E-state index contributed by atoms with van der Waals surface area (Å²) in [7, 11) is 0. The average molecular weight is 372 g/mol. The second-order valence-electron chi connectivity index (χ2n) is 7.47. The minimum Gasteiger partial charge on any atom is -0.493 e. The van der Waals surface area contributed by atoms with Crippen molar-refractivity contribution in [1.29, 1.82) is 0 Å². The van der Waals surface area contributed by atoms with Crippen LogP contribution in [0.25, 0.3) is 0 Å². The maximum absolute atomic E-state index is 12.5. The number of hydrogen-bond acceptors (Lipinski definition) is 5. The van der Waals surface area contributed by atoms with Crippen molar-refractivity contribution in [3.8, 4) is 5.75 Å². The molecule has 1 fully saturated rings. The quantitative estimate of drug-likeness (QED) is 0.839. The second kappa shape index (κ2) is 8.88. The van der Waals surface area contributed by atoms with E-state index in [-0.39, 0.29) is 11.9 Å². The number of aromatic nitrogens is 2. The number of ether oxygens (including phenoxy) is 1. The lowest BCUT2D eigenvalue weighted by Gasteiger charge is -2.31. The minimum absolute atomic E-state index is 0.0592. The molecule has 1 atom stereocenters. The summed E-state index contributed by atoms with van der Waals surface area (Å²) in [5.74, 6) is 2.72. The van der Waals surface area contributed by atoms with Gasteiger partial charge in [-0.1, -0.05) is 31.1 Å². The van der Waals surface area contributed by atoms with Crippen LogP contribution in [0.1, 0.15) is 49.9 Å². The summed E-state index contributed by atoms with van der Waals surface area (Å²) in [6.07, 6.45) is 1.89. The van der Waals surface area contributed by atoms with E-state index in [9.17, 15) is 4.79 Å². The number of nitrogens with one attached hydrogen (secondary N) is 1. The molecule has 146 valence electrons. The van der Waals surface area contributed by atoms with Gasteiger partial charge in [-0.15, -0.1) is 0 Å². The fourth-order valence-electron chi connectivity index (χ4n) is 3.10. The first-order valence-corrected chi connectivity index (χ1v) is 9.56. The second-order valence-corrected chi connectivity index (χ2v) is 7.47. The zero-order chi connectivity index (χ0) is 19.2. The third kappa shape index (κ3) is 5.45. The highest BCUT2D eigenvalue weighted by molar-refractivity contribution is 5.74. The van der Waals surface area contributed by atoms with Crippen LogP contribution in [0.3, 0.4) is 0 Å². The Morgan fingerprint density at radius 1 is 1.37 bits per heavy atom. The molecule has 1 aliphatic heterocycles. The van der Waals surface area contributed by atoms with Crippen LogP contribution in [0.4, 0.5) is 4.79 Å². The molecule has 0 aliphatic carbocycles. The molecule has 2 heterocycles. The summed E-state index contributed by atoms with van der Waals surface area (Å²) in [5, 5.41) is 6.85. The lowest BCUT2D eigenvalue weighted by atomic mass is 9.98. The number of nitrogens with zero attached hydrogens (tertiary/aromatic N) is 3. The van der Waals surface area contributed by atoms with Gasteiger partial charge in [0.2, 0.25) is 5.89 Å². The van der Waals surface area contributed by atoms with Crippen molar-refractivity contribution in [2.45, 2.75) is 46.1 Å². The van der Waals surface area contributed by atoms with Gasteiger partial charge < -0.3 is 19.5 Å². The normalized spacial score (nSPS) is 17.2. The molecule has 7 heteroatoms. The van der Waals surface area contributed by atoms with Crippen LogP contribution in [0.2, 0.25) is 0 Å². The lowest BCUT2D eigenvalue weighted by molar-refractivity contribution is 0.171. The first-order valence-electron chi connectivity index (χ1n) is 9.56. The first kappa shape index (κ1) is 19.2. The van der Waals surface area contributed by atoms with Gasteiger partial charge in [-0.25, -0.2) is 4.79 Å². The van der Waals surface area contributed by atoms with Gasteiger partial charge in [0.1, 0.15) is 5.75 Å². The molecule has 0 unspecified atom stereocenters. The minimum atomic E-state index is -0.0592. The fraction of sp³-hybridized carbons (Fsp3) is 0.550. The highest BCUT2D eigenvalue weighted by atomic mass is 16.5. The van der Waals surface area contributed by atoms with Gasteiger partial charge in [0, 0.05) is 19.6 Å². The van der Waals surface area contributed by atoms with Gasteiger partial charge in [-0.3, -0.25) is 0 Å². The van der Waals surface area contributed by atoms with Gasteiger partial charge in [0.15, 0.2) is 5.82 Å². The summed E-state index contributed by atoms with van der Waals surface area (Å²) in [6, 6.07) is 7.79. The first-order chi connectivity index (χ1) is 13.0. The molecule has 2 amide bonds. The topological polar surface area (TPSA) is 80.5 Å². The van der Waals surface area contributed by atoms with Crippen LogP contribution >= 0.6 is 0 Å². The smallest absolute Gasteiger partial charge is 0.317 e. The van der Waals surface area contributed by atoms with Crippen molar-refractivity contribution in [3.63, 3.8) is 0 Å². The number of aryl methyl sites for hydroxylation is 1. The molecule has 1 aliphatic rings. The van der Waals surface area contributed by atoms with Crippen molar-refractivity contribution >= 4 is 6.03 Å². The Balaban J connectivity index is 1.48. The summed E-state index contributed by atoms with van der Waals surface area (Å²) in [5.41, 5.74) is 1.04. The molecule has 0 spiro atoms. The Morgan fingerprint density at radius 3 is 2.81 bits per heavy atom. The molecular formula is C20H28N4O3. The van der Waals surface area contributed by atoms with Crippen molar-refractivity contribution < 1.29 is 14.1 Å². The van der Waals surface area contributed by atoms with Crippen molar-refractivity contribution in [3.05, 3.63) is 41.5 Å². The number of hydrogen-bond donors (Lipinski definition) is 1. The molecule has 27 heavy (non-hydrogen) atoms. The Kier molecular flexibility index (Phi) is 6.32. The summed E-state index contributed by atoms with van der Waals surface area (Å²) in [6.45, 7) is 8.59. The van der Waals surface area contributed by atoms with E-state index in [1.807, 2.05) is 29.2 Å². The maximum atomic E-state index is 12.5. The van der Waals surface area contributed by atoms with Gasteiger partial charge in [0.05, 0.1) is 12.5 Å². The van der Waals surface area contributed by atoms with Gasteiger partial charge in [0.25, 0.3) is 0 Å². The van der Waals surface area contributed by atoms with Gasteiger partial charge in [-0.05, 0) is 43.4 Å². The molecule has 1 N–H and O–H groups in total. The predicted octanol–water partition coefficient (Wildman–Crippen LogP) is 3.50. The number of benzene rings is 1. The summed E-state index contributed by atoms with van der Waals surface area (Å²) >= 11 is 0. The van der Waals surface area contributed by atoms with Crippen LogP contribution in [-0.2, 0) is 6.54 Å². The Morgan fingerprint density at radius 2 is 2.15 bits per heavy atom. The molecule has 0 bridgehead atoms. The highest BCUT2D eigenvalue weighted by Crippen LogP contribution is 2.25. The monoisotopic (exact) mass is 372 g/mol. The van der Waals surface area contributed by atoms with E-state index in [1.165, 1.54) is 0 Å². The molecule has 1 aromatic carbocycles. The molecule has 3 rings (SSSR count). The third-order valence-corrected chi connectivity index (χ3v) is 4.55. The number of carbonyl (C=O) groups excluding carboxylic acids is 1. The van der Waals surface area contributed by atoms with E-state index in [1.54, 1.807) is 6.92 Å². The molecular weight excluding hydrogens is 344 g/mol. The van der Waals surface area contributed by atoms with Crippen molar-refractivity contribution in [2.75, 3.05) is 19.7 Å². The van der Waals surface area contributed by atoms with Gasteiger partial charge >= 0.3 is 6.03 Å². The fourth-order valence-corrected chi connectivity index (χ4v) is 3.10. The number of carbonyl (C=O) groups is 1. The largest absolute Gasteiger partial charge is 0.493 e. The van der Waals surface area contributed by atoms with Crippen LogP contribution in [0.5, 0.6) is 5.75 Å². The molecule has 0 saturated carbocycles. The molecule has 1 saturated heterocycles. The van der Waals surface area contributed by atoms with E-state index in [0.717, 1.165) is 30.7 Å². The zero-order valence-corrected chi connectivity index (χ0v) is 16.3. The van der Waals surface area contributed by atoms with Crippen LogP contribution < -0.4 is 10.1 Å². The van der Waals surface area contributed by atoms with E-state index >= 15 is 0 Å². The number of piperidine rings is 1. The SMILES string of the molecule is Cc1noc([C@@H]2CCCN(C(=O)NCc3ccc(OCC(C)C)cc3)C2)n1. The summed E-state index contributed by atoms with van der Waals surface area (Å²) in [4.78, 5) is 18.7. The van der Waals surface area contributed by atoms with Crippen LogP contribution in [-0.4, -0.2) is 40.8 Å². The number of urea groups is 1. The Bertz CT molecular complexity index is 742. The van der Waals surface area contributed by atoms with Crippen molar-refractivity contribution in [1.82, 2.24) is 20.4 Å². The van der Waals surface area contributed by atoms with Crippen LogP contribution in [0.15, 0.2) is 28.8 Å². The van der Waals surface area contributed by atoms with E-state index in [4.69, 9.17) is 9.26 Å². The van der Waals surface area contributed by atoms with E-state index in [0.29, 0.717) is 37.3 Å². The van der Waals surface area contributed by atoms with E-state index in [2.05, 4.69) is 29.3 Å². The number of rotatable bonds is 6. The number of likely N-dealkylation sites (tertiary alicyclic amines) is 1. The van der Waals surface area contributed by atoms with Gasteiger partial charge in [-0.2, -0.15) is 4.98 Å². The lowest BCUT2D eigenvalue weighted by Crippen LogP contribution is -2.44. The zero-order valence-electron chi connectivity index (χ0n) is 16.3. The number of amides is 2.